The number of nitrogens with zero attached hydrogens (tertiary/aromatic N) is 1. The van der Waals surface area contributed by atoms with Crippen LogP contribution in [-0.4, -0.2) is 44.9 Å². The molecule has 2 rings (SSSR count). The molecule has 0 fully saturated rings. The lowest BCUT2D eigenvalue weighted by Crippen LogP contribution is -2.31. The second kappa shape index (κ2) is 10.0. The quantitative estimate of drug-likeness (QED) is 0.451. The van der Waals surface area contributed by atoms with E-state index in [0.29, 0.717) is 18.8 Å². The van der Waals surface area contributed by atoms with Crippen LogP contribution in [0.15, 0.2) is 48.7 Å². The van der Waals surface area contributed by atoms with E-state index in [1.807, 2.05) is 18.2 Å². The lowest BCUT2D eigenvalue weighted by Gasteiger charge is -2.15. The molecule has 0 aliphatic heterocycles. The molecule has 7 nitrogen and oxygen atoms in total. The molecule has 27 heavy (non-hydrogen) atoms. The van der Waals surface area contributed by atoms with E-state index in [1.165, 1.54) is 0 Å². The van der Waals surface area contributed by atoms with Crippen molar-refractivity contribution in [3.8, 4) is 5.75 Å². The predicted octanol–water partition coefficient (Wildman–Crippen LogP) is 2.15. The zero-order valence-electron chi connectivity index (χ0n) is 15.3. The van der Waals surface area contributed by atoms with Crippen LogP contribution < -0.4 is 4.74 Å². The van der Waals surface area contributed by atoms with Crippen molar-refractivity contribution in [2.75, 3.05) is 19.5 Å². The third-order valence-corrected chi connectivity index (χ3v) is 4.12. The highest BCUT2D eigenvalue weighted by Gasteiger charge is 2.25. The normalized spacial score (nSPS) is 12.4. The lowest BCUT2D eigenvalue weighted by atomic mass is 10.1. The molecule has 1 aromatic carbocycles. The first-order chi connectivity index (χ1) is 12.9. The maximum absolute atomic E-state index is 11.9. The molecule has 1 unspecified atom stereocenters. The molecule has 0 saturated carbocycles. The van der Waals surface area contributed by atoms with Crippen molar-refractivity contribution < 1.29 is 26.9 Å². The number of ether oxygens (including phenoxy) is 2. The van der Waals surface area contributed by atoms with Gasteiger partial charge in [-0.15, -0.1) is 0 Å². The van der Waals surface area contributed by atoms with E-state index in [1.54, 1.807) is 37.4 Å². The van der Waals surface area contributed by atoms with E-state index in [0.717, 1.165) is 17.5 Å². The van der Waals surface area contributed by atoms with Crippen LogP contribution in [-0.2, 0) is 36.7 Å². The van der Waals surface area contributed by atoms with Gasteiger partial charge in [0.1, 0.15) is 5.75 Å². The minimum atomic E-state index is -3.78. The van der Waals surface area contributed by atoms with E-state index >= 15 is 0 Å². The Morgan fingerprint density at radius 1 is 1.15 bits per heavy atom. The largest absolute Gasteiger partial charge is 0.493 e. The van der Waals surface area contributed by atoms with Crippen LogP contribution in [0.3, 0.4) is 0 Å². The van der Waals surface area contributed by atoms with Gasteiger partial charge in [-0.25, -0.2) is 4.79 Å². The molecule has 0 aliphatic carbocycles. The van der Waals surface area contributed by atoms with Crippen molar-refractivity contribution in [2.24, 2.45) is 0 Å². The fourth-order valence-corrected chi connectivity index (χ4v) is 2.93. The molecule has 2 aromatic rings. The van der Waals surface area contributed by atoms with Crippen LogP contribution in [0.5, 0.6) is 5.75 Å². The summed E-state index contributed by atoms with van der Waals surface area (Å²) in [7, 11) is -3.78. The maximum Gasteiger partial charge on any atom is 0.337 e. The van der Waals surface area contributed by atoms with Crippen LogP contribution >= 0.6 is 0 Å². The Morgan fingerprint density at radius 2 is 1.89 bits per heavy atom. The number of rotatable bonds is 10. The standard InChI is InChI=1S/C19H23NO6S/c1-3-24-19(21)18(26-27(2,22)23)14-15-7-9-17(10-8-15)25-13-11-16-6-4-5-12-20-16/h4-10,12,18H,3,11,13-14H2,1-2H3. The van der Waals surface area contributed by atoms with Gasteiger partial charge in [-0.2, -0.15) is 8.42 Å². The van der Waals surface area contributed by atoms with Gasteiger partial charge in [0.05, 0.1) is 19.5 Å². The lowest BCUT2D eigenvalue weighted by molar-refractivity contribution is -0.151. The summed E-state index contributed by atoms with van der Waals surface area (Å²) in [5.41, 5.74) is 1.68. The second-order valence-electron chi connectivity index (χ2n) is 5.81. The molecule has 1 aromatic heterocycles. The van der Waals surface area contributed by atoms with Crippen molar-refractivity contribution in [3.05, 3.63) is 59.9 Å². The van der Waals surface area contributed by atoms with Crippen molar-refractivity contribution >= 4 is 16.1 Å². The number of pyridine rings is 1. The molecule has 0 saturated heterocycles. The molecular formula is C19H23NO6S. The maximum atomic E-state index is 11.9. The van der Waals surface area contributed by atoms with E-state index in [9.17, 15) is 13.2 Å². The van der Waals surface area contributed by atoms with E-state index in [4.69, 9.17) is 13.7 Å². The molecule has 0 amide bonds. The fraction of sp³-hybridized carbons (Fsp3) is 0.368. The number of carbonyl (C=O) groups excluding carboxylic acids is 1. The highest BCUT2D eigenvalue weighted by atomic mass is 32.2. The van der Waals surface area contributed by atoms with Gasteiger partial charge in [0.25, 0.3) is 10.1 Å². The predicted molar refractivity (Wildman–Crippen MR) is 99.9 cm³/mol. The van der Waals surface area contributed by atoms with Gasteiger partial charge in [-0.1, -0.05) is 18.2 Å². The van der Waals surface area contributed by atoms with Gasteiger partial charge in [0.15, 0.2) is 6.10 Å². The summed E-state index contributed by atoms with van der Waals surface area (Å²) in [6.07, 6.45) is 2.20. The van der Waals surface area contributed by atoms with Crippen molar-refractivity contribution in [1.82, 2.24) is 4.98 Å². The van der Waals surface area contributed by atoms with Gasteiger partial charge in [0.2, 0.25) is 0 Å². The van der Waals surface area contributed by atoms with Crippen LogP contribution in [0, 0.1) is 0 Å². The Kier molecular flexibility index (Phi) is 7.75. The molecule has 0 spiro atoms. The number of carbonyl (C=O) groups is 1. The minimum Gasteiger partial charge on any atom is -0.493 e. The summed E-state index contributed by atoms with van der Waals surface area (Å²) in [6.45, 7) is 2.27. The minimum absolute atomic E-state index is 0.0835. The van der Waals surface area contributed by atoms with E-state index in [-0.39, 0.29) is 13.0 Å². The van der Waals surface area contributed by atoms with Gasteiger partial charge >= 0.3 is 5.97 Å². The molecule has 8 heteroatoms. The Morgan fingerprint density at radius 3 is 2.48 bits per heavy atom. The monoisotopic (exact) mass is 393 g/mol. The summed E-state index contributed by atoms with van der Waals surface area (Å²) in [4.78, 5) is 16.2. The molecule has 146 valence electrons. The number of benzene rings is 1. The van der Waals surface area contributed by atoms with E-state index < -0.39 is 22.2 Å². The van der Waals surface area contributed by atoms with Crippen LogP contribution in [0.4, 0.5) is 0 Å². The Bertz CT molecular complexity index is 821. The number of hydrogen-bond donors (Lipinski definition) is 0. The summed E-state index contributed by atoms with van der Waals surface area (Å²) >= 11 is 0. The second-order valence-corrected chi connectivity index (χ2v) is 7.41. The molecule has 0 radical (unpaired) electrons. The Labute approximate surface area is 159 Å². The number of aromatic nitrogens is 1. The summed E-state index contributed by atoms with van der Waals surface area (Å²) in [6, 6.07) is 12.8. The third-order valence-electron chi connectivity index (χ3n) is 3.54. The summed E-state index contributed by atoms with van der Waals surface area (Å²) in [5.74, 6) is -0.0370. The first-order valence-electron chi connectivity index (χ1n) is 8.54. The zero-order valence-corrected chi connectivity index (χ0v) is 16.1. The van der Waals surface area contributed by atoms with Gasteiger partial charge in [0, 0.05) is 24.7 Å². The smallest absolute Gasteiger partial charge is 0.337 e. The Hall–Kier alpha value is -2.45. The van der Waals surface area contributed by atoms with Gasteiger partial charge < -0.3 is 9.47 Å². The van der Waals surface area contributed by atoms with Crippen molar-refractivity contribution in [2.45, 2.75) is 25.9 Å². The highest BCUT2D eigenvalue weighted by Crippen LogP contribution is 2.16. The van der Waals surface area contributed by atoms with E-state index in [2.05, 4.69) is 4.98 Å². The zero-order chi connectivity index (χ0) is 19.7. The SMILES string of the molecule is CCOC(=O)C(Cc1ccc(OCCc2ccccn2)cc1)OS(C)(=O)=O. The van der Waals surface area contributed by atoms with Crippen LogP contribution in [0.25, 0.3) is 0 Å². The van der Waals surface area contributed by atoms with Crippen molar-refractivity contribution in [1.29, 1.82) is 0 Å². The summed E-state index contributed by atoms with van der Waals surface area (Å²) < 4.78 is 38.2. The Balaban J connectivity index is 1.92. The fourth-order valence-electron chi connectivity index (χ4n) is 2.36. The van der Waals surface area contributed by atoms with Gasteiger partial charge in [-0.05, 0) is 36.8 Å². The number of hydrogen-bond acceptors (Lipinski definition) is 7. The summed E-state index contributed by atoms with van der Waals surface area (Å²) in [5, 5.41) is 0. The third kappa shape index (κ3) is 7.76. The van der Waals surface area contributed by atoms with Crippen LogP contribution in [0.2, 0.25) is 0 Å². The molecule has 0 N–H and O–H groups in total. The van der Waals surface area contributed by atoms with Crippen molar-refractivity contribution in [3.63, 3.8) is 0 Å². The average molecular weight is 393 g/mol. The molecule has 1 heterocycles. The highest BCUT2D eigenvalue weighted by molar-refractivity contribution is 7.86. The molecule has 0 aliphatic rings. The number of esters is 1. The molecule has 1 atom stereocenters. The van der Waals surface area contributed by atoms with Crippen LogP contribution in [0.1, 0.15) is 18.2 Å². The molecular weight excluding hydrogens is 370 g/mol. The first-order valence-corrected chi connectivity index (χ1v) is 10.4. The average Bonchev–Trinajstić information content (AvgIpc) is 2.62. The topological polar surface area (TPSA) is 91.8 Å². The van der Waals surface area contributed by atoms with Gasteiger partial charge in [-0.3, -0.25) is 9.17 Å². The first kappa shape index (κ1) is 20.9. The molecule has 0 bridgehead atoms.